The fraction of sp³-hybridized carbons (Fsp3) is 0.333. The molecule has 2 aromatic rings. The number of nitrogens with one attached hydrogen (secondary N) is 3. The highest BCUT2D eigenvalue weighted by atomic mass is 16.2. The summed E-state index contributed by atoms with van der Waals surface area (Å²) in [5, 5.41) is 9.08. The van der Waals surface area contributed by atoms with Gasteiger partial charge in [0.15, 0.2) is 0 Å². The number of anilines is 4. The van der Waals surface area contributed by atoms with Crippen LogP contribution >= 0.6 is 0 Å². The molecule has 3 rings (SSSR count). The molecule has 0 unspecified atom stereocenters. The third-order valence-corrected chi connectivity index (χ3v) is 4.60. The number of amides is 2. The Morgan fingerprint density at radius 1 is 0.808 bits per heavy atom. The summed E-state index contributed by atoms with van der Waals surface area (Å²) in [6, 6.07) is 15.2. The van der Waals surface area contributed by atoms with Gasteiger partial charge in [0.1, 0.15) is 0 Å². The Morgan fingerprint density at radius 2 is 1.46 bits per heavy atom. The van der Waals surface area contributed by atoms with E-state index in [1.54, 1.807) is 0 Å². The summed E-state index contributed by atoms with van der Waals surface area (Å²) in [4.78, 5) is 23.5. The van der Waals surface area contributed by atoms with Gasteiger partial charge in [-0.05, 0) is 55.3 Å². The van der Waals surface area contributed by atoms with Gasteiger partial charge in [-0.25, -0.2) is 0 Å². The highest BCUT2D eigenvalue weighted by Crippen LogP contribution is 2.26. The minimum atomic E-state index is -0.0970. The van der Waals surface area contributed by atoms with Gasteiger partial charge >= 0.3 is 0 Å². The Bertz CT molecular complexity index is 765. The fourth-order valence-electron chi connectivity index (χ4n) is 3.29. The van der Waals surface area contributed by atoms with Gasteiger partial charge in [0, 0.05) is 35.6 Å². The highest BCUT2D eigenvalue weighted by molar-refractivity contribution is 5.93. The number of rotatable bonds is 5. The van der Waals surface area contributed by atoms with E-state index >= 15 is 0 Å². The summed E-state index contributed by atoms with van der Waals surface area (Å²) in [5.74, 6) is 0.187. The number of benzene rings is 2. The number of carbonyl (C=O) groups is 2. The zero-order chi connectivity index (χ0) is 18.4. The van der Waals surface area contributed by atoms with Gasteiger partial charge in [0.05, 0.1) is 0 Å². The molecule has 1 fully saturated rings. The van der Waals surface area contributed by atoms with Gasteiger partial charge in [-0.1, -0.05) is 25.3 Å². The van der Waals surface area contributed by atoms with Crippen molar-refractivity contribution in [2.75, 3.05) is 16.0 Å². The summed E-state index contributed by atoms with van der Waals surface area (Å²) in [6.45, 7) is 1.49. The molecule has 1 aliphatic rings. The van der Waals surface area contributed by atoms with Crippen molar-refractivity contribution in [3.05, 3.63) is 48.5 Å². The molecule has 0 aromatic heterocycles. The van der Waals surface area contributed by atoms with Crippen LogP contribution in [-0.4, -0.2) is 11.8 Å². The SMILES string of the molecule is CC(=O)Nc1cccc(Nc2ccc(NC(=O)C3CCCCC3)cc2)c1. The van der Waals surface area contributed by atoms with Crippen molar-refractivity contribution in [2.45, 2.75) is 39.0 Å². The minimum absolute atomic E-state index is 0.0970. The van der Waals surface area contributed by atoms with E-state index in [9.17, 15) is 9.59 Å². The van der Waals surface area contributed by atoms with Crippen LogP contribution in [0.4, 0.5) is 22.7 Å². The van der Waals surface area contributed by atoms with E-state index in [2.05, 4.69) is 16.0 Å². The predicted octanol–water partition coefficient (Wildman–Crippen LogP) is 4.91. The maximum atomic E-state index is 12.3. The van der Waals surface area contributed by atoms with E-state index in [1.807, 2.05) is 48.5 Å². The van der Waals surface area contributed by atoms with Crippen LogP contribution in [0.15, 0.2) is 48.5 Å². The molecule has 26 heavy (non-hydrogen) atoms. The number of carbonyl (C=O) groups excluding carboxylic acids is 2. The Labute approximate surface area is 154 Å². The normalized spacial score (nSPS) is 14.5. The van der Waals surface area contributed by atoms with Crippen molar-refractivity contribution in [1.29, 1.82) is 0 Å². The summed E-state index contributed by atoms with van der Waals surface area (Å²) in [5.41, 5.74) is 3.37. The third kappa shape index (κ3) is 5.09. The van der Waals surface area contributed by atoms with Crippen LogP contribution in [0.5, 0.6) is 0 Å². The molecular formula is C21H25N3O2. The van der Waals surface area contributed by atoms with Gasteiger partial charge < -0.3 is 16.0 Å². The van der Waals surface area contributed by atoms with Crippen LogP contribution in [-0.2, 0) is 9.59 Å². The lowest BCUT2D eigenvalue weighted by molar-refractivity contribution is -0.120. The third-order valence-electron chi connectivity index (χ3n) is 4.60. The van der Waals surface area contributed by atoms with Crippen LogP contribution < -0.4 is 16.0 Å². The maximum Gasteiger partial charge on any atom is 0.227 e. The minimum Gasteiger partial charge on any atom is -0.355 e. The van der Waals surface area contributed by atoms with Crippen LogP contribution in [0.1, 0.15) is 39.0 Å². The average Bonchev–Trinajstić information content (AvgIpc) is 2.64. The van der Waals surface area contributed by atoms with E-state index in [-0.39, 0.29) is 17.7 Å². The highest BCUT2D eigenvalue weighted by Gasteiger charge is 2.20. The molecule has 0 bridgehead atoms. The summed E-state index contributed by atoms with van der Waals surface area (Å²) in [7, 11) is 0. The van der Waals surface area contributed by atoms with Gasteiger partial charge in [-0.2, -0.15) is 0 Å². The topological polar surface area (TPSA) is 70.2 Å². The smallest absolute Gasteiger partial charge is 0.227 e. The van der Waals surface area contributed by atoms with E-state index in [0.717, 1.165) is 48.4 Å². The van der Waals surface area contributed by atoms with Crippen LogP contribution in [0, 0.1) is 5.92 Å². The second kappa shape index (κ2) is 8.52. The first kappa shape index (κ1) is 18.0. The molecule has 1 aliphatic carbocycles. The Hall–Kier alpha value is -2.82. The molecule has 2 aromatic carbocycles. The second-order valence-corrected chi connectivity index (χ2v) is 6.79. The van der Waals surface area contributed by atoms with Crippen molar-refractivity contribution in [3.8, 4) is 0 Å². The fourth-order valence-corrected chi connectivity index (χ4v) is 3.29. The quantitative estimate of drug-likeness (QED) is 0.717. The van der Waals surface area contributed by atoms with Gasteiger partial charge in [-0.15, -0.1) is 0 Å². The molecular weight excluding hydrogens is 326 g/mol. The Kier molecular flexibility index (Phi) is 5.89. The Balaban J connectivity index is 1.59. The standard InChI is InChI=1S/C21H25N3O2/c1-15(25)22-19-8-5-9-20(14-19)23-17-10-12-18(13-11-17)24-21(26)16-6-3-2-4-7-16/h5,8-14,16,23H,2-4,6-7H2,1H3,(H,22,25)(H,24,26). The first-order valence-electron chi connectivity index (χ1n) is 9.16. The maximum absolute atomic E-state index is 12.3. The molecule has 0 radical (unpaired) electrons. The molecule has 0 spiro atoms. The lowest BCUT2D eigenvalue weighted by Gasteiger charge is -2.20. The second-order valence-electron chi connectivity index (χ2n) is 6.79. The molecule has 0 saturated heterocycles. The molecule has 5 heteroatoms. The van der Waals surface area contributed by atoms with Gasteiger partial charge in [0.25, 0.3) is 0 Å². The molecule has 3 N–H and O–H groups in total. The Morgan fingerprint density at radius 3 is 2.15 bits per heavy atom. The van der Waals surface area contributed by atoms with E-state index in [1.165, 1.54) is 13.3 Å². The van der Waals surface area contributed by atoms with Crippen LogP contribution in [0.2, 0.25) is 0 Å². The van der Waals surface area contributed by atoms with Crippen molar-refractivity contribution in [3.63, 3.8) is 0 Å². The van der Waals surface area contributed by atoms with E-state index in [4.69, 9.17) is 0 Å². The molecule has 2 amide bonds. The van der Waals surface area contributed by atoms with Gasteiger partial charge in [-0.3, -0.25) is 9.59 Å². The summed E-state index contributed by atoms with van der Waals surface area (Å²) >= 11 is 0. The number of hydrogen-bond donors (Lipinski definition) is 3. The first-order valence-corrected chi connectivity index (χ1v) is 9.16. The molecule has 0 heterocycles. The molecule has 0 aliphatic heterocycles. The monoisotopic (exact) mass is 351 g/mol. The molecule has 0 atom stereocenters. The lowest BCUT2D eigenvalue weighted by atomic mass is 9.88. The largest absolute Gasteiger partial charge is 0.355 e. The van der Waals surface area contributed by atoms with Crippen molar-refractivity contribution in [2.24, 2.45) is 5.92 Å². The summed E-state index contributed by atoms with van der Waals surface area (Å²) < 4.78 is 0. The summed E-state index contributed by atoms with van der Waals surface area (Å²) in [6.07, 6.45) is 5.54. The molecule has 1 saturated carbocycles. The van der Waals surface area contributed by atoms with Crippen molar-refractivity contribution < 1.29 is 9.59 Å². The average molecular weight is 351 g/mol. The van der Waals surface area contributed by atoms with Gasteiger partial charge in [0.2, 0.25) is 11.8 Å². The molecule has 136 valence electrons. The molecule has 5 nitrogen and oxygen atoms in total. The van der Waals surface area contributed by atoms with Crippen molar-refractivity contribution >= 4 is 34.6 Å². The van der Waals surface area contributed by atoms with Crippen molar-refractivity contribution in [1.82, 2.24) is 0 Å². The zero-order valence-corrected chi connectivity index (χ0v) is 15.0. The van der Waals surface area contributed by atoms with Crippen LogP contribution in [0.25, 0.3) is 0 Å². The van der Waals surface area contributed by atoms with Crippen LogP contribution in [0.3, 0.4) is 0 Å². The zero-order valence-electron chi connectivity index (χ0n) is 15.0. The first-order chi connectivity index (χ1) is 12.6. The van der Waals surface area contributed by atoms with E-state index in [0.29, 0.717) is 0 Å². The predicted molar refractivity (Wildman–Crippen MR) is 106 cm³/mol. The number of hydrogen-bond acceptors (Lipinski definition) is 3. The van der Waals surface area contributed by atoms with E-state index < -0.39 is 0 Å². The lowest BCUT2D eigenvalue weighted by Crippen LogP contribution is -2.24.